The van der Waals surface area contributed by atoms with E-state index in [1.165, 1.54) is 6.92 Å². The Kier molecular flexibility index (Phi) is 6.23. The molecule has 0 aliphatic carbocycles. The van der Waals surface area contributed by atoms with Crippen LogP contribution in [0.1, 0.15) is 43.7 Å². The molecule has 1 aromatic carbocycles. The highest BCUT2D eigenvalue weighted by Crippen LogP contribution is 2.22. The van der Waals surface area contributed by atoms with Gasteiger partial charge in [-0.05, 0) is 52.8 Å². The van der Waals surface area contributed by atoms with Crippen LogP contribution in [0, 0.1) is 6.92 Å². The number of ether oxygens (including phenoxy) is 2. The van der Waals surface area contributed by atoms with E-state index in [2.05, 4.69) is 15.6 Å². The van der Waals surface area contributed by atoms with Crippen LogP contribution in [0.5, 0.6) is 5.75 Å². The van der Waals surface area contributed by atoms with Crippen molar-refractivity contribution in [1.29, 1.82) is 0 Å². The Balaban J connectivity index is 2.10. The second kappa shape index (κ2) is 8.24. The van der Waals surface area contributed by atoms with Crippen molar-refractivity contribution in [3.05, 3.63) is 35.5 Å². The molecule has 0 spiro atoms. The highest BCUT2D eigenvalue weighted by molar-refractivity contribution is 6.00. The first-order chi connectivity index (χ1) is 13.0. The summed E-state index contributed by atoms with van der Waals surface area (Å²) in [6, 6.07) is 6.30. The Bertz CT molecular complexity index is 918. The molecular formula is C20H25N3O5. The molecule has 0 saturated heterocycles. The first kappa shape index (κ1) is 21.1. The average Bonchev–Trinajstić information content (AvgIpc) is 2.58. The number of amides is 3. The van der Waals surface area contributed by atoms with Crippen molar-refractivity contribution in [2.45, 2.75) is 46.3 Å². The second-order valence-corrected chi connectivity index (χ2v) is 7.42. The van der Waals surface area contributed by atoms with E-state index in [-0.39, 0.29) is 5.56 Å². The molecule has 28 heavy (non-hydrogen) atoms. The van der Waals surface area contributed by atoms with Crippen LogP contribution in [0.2, 0.25) is 0 Å². The summed E-state index contributed by atoms with van der Waals surface area (Å²) in [5, 5.41) is 5.49. The van der Waals surface area contributed by atoms with Crippen molar-refractivity contribution in [2.75, 3.05) is 7.11 Å². The molecule has 1 atom stereocenters. The minimum Gasteiger partial charge on any atom is -0.497 e. The van der Waals surface area contributed by atoms with E-state index in [1.807, 2.05) is 0 Å². The summed E-state index contributed by atoms with van der Waals surface area (Å²) in [6.45, 7) is 8.42. The lowest BCUT2D eigenvalue weighted by atomic mass is 10.1. The zero-order valence-electron chi connectivity index (χ0n) is 16.9. The van der Waals surface area contributed by atoms with Gasteiger partial charge in [-0.3, -0.25) is 15.1 Å². The molecule has 3 amide bonds. The largest absolute Gasteiger partial charge is 0.497 e. The van der Waals surface area contributed by atoms with Crippen molar-refractivity contribution in [1.82, 2.24) is 15.6 Å². The fraction of sp³-hybridized carbons (Fsp3) is 0.400. The summed E-state index contributed by atoms with van der Waals surface area (Å²) in [5.41, 5.74) is 0.888. The maximum Gasteiger partial charge on any atom is 0.340 e. The topological polar surface area (TPSA) is 107 Å². The van der Waals surface area contributed by atoms with Gasteiger partial charge in [0.2, 0.25) is 0 Å². The monoisotopic (exact) mass is 387 g/mol. The first-order valence-electron chi connectivity index (χ1n) is 8.79. The van der Waals surface area contributed by atoms with Gasteiger partial charge < -0.3 is 14.8 Å². The number of rotatable bonds is 4. The molecule has 0 aliphatic heterocycles. The van der Waals surface area contributed by atoms with Crippen molar-refractivity contribution in [3.63, 3.8) is 0 Å². The summed E-state index contributed by atoms with van der Waals surface area (Å²) >= 11 is 0. The Morgan fingerprint density at radius 2 is 1.82 bits per heavy atom. The summed E-state index contributed by atoms with van der Waals surface area (Å²) in [6.07, 6.45) is -1.15. The summed E-state index contributed by atoms with van der Waals surface area (Å²) in [4.78, 5) is 40.8. The summed E-state index contributed by atoms with van der Waals surface area (Å²) in [7, 11) is 1.56. The molecule has 0 bridgehead atoms. The van der Waals surface area contributed by atoms with Gasteiger partial charge in [-0.2, -0.15) is 0 Å². The van der Waals surface area contributed by atoms with Crippen molar-refractivity contribution in [3.8, 4) is 5.75 Å². The predicted octanol–water partition coefficient (Wildman–Crippen LogP) is 2.72. The zero-order chi connectivity index (χ0) is 21.1. The molecule has 8 heteroatoms. The van der Waals surface area contributed by atoms with E-state index in [9.17, 15) is 14.4 Å². The Labute approximate surface area is 163 Å². The number of hydrogen-bond acceptors (Lipinski definition) is 6. The molecule has 150 valence electrons. The van der Waals surface area contributed by atoms with E-state index in [4.69, 9.17) is 9.47 Å². The van der Waals surface area contributed by atoms with Crippen LogP contribution in [0.25, 0.3) is 10.9 Å². The van der Waals surface area contributed by atoms with Gasteiger partial charge in [-0.15, -0.1) is 0 Å². The fourth-order valence-electron chi connectivity index (χ4n) is 2.44. The van der Waals surface area contributed by atoms with Gasteiger partial charge in [0.15, 0.2) is 6.10 Å². The van der Waals surface area contributed by atoms with Crippen LogP contribution < -0.4 is 15.4 Å². The number of aromatic nitrogens is 1. The third-order valence-corrected chi connectivity index (χ3v) is 3.81. The van der Waals surface area contributed by atoms with E-state index in [1.54, 1.807) is 59.1 Å². The standard InChI is InChI=1S/C20H25N3O5/c1-11-15(9-13-7-8-14(27-6)10-16(13)21-11)18(25)28-12(2)17(24)22-19(26)23-20(3,4)5/h7-10,12H,1-6H3,(H2,22,23,24,26). The number of benzene rings is 1. The quantitative estimate of drug-likeness (QED) is 0.781. The van der Waals surface area contributed by atoms with Crippen molar-refractivity contribution >= 4 is 28.8 Å². The fourth-order valence-corrected chi connectivity index (χ4v) is 2.44. The first-order valence-corrected chi connectivity index (χ1v) is 8.79. The smallest absolute Gasteiger partial charge is 0.340 e. The normalized spacial score (nSPS) is 12.2. The van der Waals surface area contributed by atoms with E-state index in [0.29, 0.717) is 17.0 Å². The number of carbonyl (C=O) groups excluding carboxylic acids is 3. The van der Waals surface area contributed by atoms with Crippen molar-refractivity contribution < 1.29 is 23.9 Å². The number of imide groups is 1. The van der Waals surface area contributed by atoms with E-state index < -0.39 is 29.6 Å². The number of methoxy groups -OCH3 is 1. The van der Waals surface area contributed by atoms with Crippen LogP contribution in [-0.2, 0) is 9.53 Å². The Morgan fingerprint density at radius 3 is 2.43 bits per heavy atom. The SMILES string of the molecule is COc1ccc2cc(C(=O)OC(C)C(=O)NC(=O)NC(C)(C)C)c(C)nc2c1. The Morgan fingerprint density at radius 1 is 1.14 bits per heavy atom. The Hall–Kier alpha value is -3.16. The number of pyridine rings is 1. The molecule has 1 aromatic heterocycles. The van der Waals surface area contributed by atoms with Crippen LogP contribution in [0.3, 0.4) is 0 Å². The molecule has 1 unspecified atom stereocenters. The lowest BCUT2D eigenvalue weighted by Gasteiger charge is -2.21. The number of urea groups is 1. The summed E-state index contributed by atoms with van der Waals surface area (Å²) in [5.74, 6) is -0.749. The third-order valence-electron chi connectivity index (χ3n) is 3.81. The van der Waals surface area contributed by atoms with Gasteiger partial charge in [0.05, 0.1) is 23.9 Å². The molecular weight excluding hydrogens is 362 g/mol. The molecule has 2 N–H and O–H groups in total. The number of aryl methyl sites for hydroxylation is 1. The number of nitrogens with zero attached hydrogens (tertiary/aromatic N) is 1. The lowest BCUT2D eigenvalue weighted by molar-refractivity contribution is -0.127. The van der Waals surface area contributed by atoms with Gasteiger partial charge in [-0.1, -0.05) is 0 Å². The molecule has 0 fully saturated rings. The number of carbonyl (C=O) groups is 3. The third kappa shape index (κ3) is 5.42. The highest BCUT2D eigenvalue weighted by Gasteiger charge is 2.24. The molecule has 2 rings (SSSR count). The molecule has 1 heterocycles. The maximum atomic E-state index is 12.5. The molecule has 0 saturated carbocycles. The van der Waals surface area contributed by atoms with Crippen LogP contribution in [0.15, 0.2) is 24.3 Å². The van der Waals surface area contributed by atoms with Crippen molar-refractivity contribution in [2.24, 2.45) is 0 Å². The highest BCUT2D eigenvalue weighted by atomic mass is 16.5. The van der Waals surface area contributed by atoms with Gasteiger partial charge in [0, 0.05) is 17.0 Å². The van der Waals surface area contributed by atoms with Gasteiger partial charge >= 0.3 is 12.0 Å². The van der Waals surface area contributed by atoms with Crippen LogP contribution in [-0.4, -0.2) is 41.6 Å². The van der Waals surface area contributed by atoms with E-state index in [0.717, 1.165) is 5.39 Å². The maximum absolute atomic E-state index is 12.5. The van der Waals surface area contributed by atoms with Crippen LogP contribution >= 0.6 is 0 Å². The second-order valence-electron chi connectivity index (χ2n) is 7.42. The van der Waals surface area contributed by atoms with Crippen LogP contribution in [0.4, 0.5) is 4.79 Å². The minimum atomic E-state index is -1.15. The summed E-state index contributed by atoms with van der Waals surface area (Å²) < 4.78 is 10.4. The molecule has 0 aliphatic rings. The predicted molar refractivity (Wildman–Crippen MR) is 104 cm³/mol. The van der Waals surface area contributed by atoms with Gasteiger partial charge in [0.1, 0.15) is 5.75 Å². The number of fused-ring (bicyclic) bond motifs is 1. The number of nitrogens with one attached hydrogen (secondary N) is 2. The van der Waals surface area contributed by atoms with E-state index >= 15 is 0 Å². The molecule has 2 aromatic rings. The number of esters is 1. The van der Waals surface area contributed by atoms with Gasteiger partial charge in [0.25, 0.3) is 5.91 Å². The van der Waals surface area contributed by atoms with Gasteiger partial charge in [-0.25, -0.2) is 9.59 Å². The molecule has 8 nitrogen and oxygen atoms in total. The average molecular weight is 387 g/mol. The lowest BCUT2D eigenvalue weighted by Crippen LogP contribution is -2.50. The number of hydrogen-bond donors (Lipinski definition) is 2. The zero-order valence-corrected chi connectivity index (χ0v) is 16.9. The minimum absolute atomic E-state index is 0.247. The molecule has 0 radical (unpaired) electrons.